The Morgan fingerprint density at radius 3 is 0.835 bits per heavy atom. The van der Waals surface area contributed by atoms with Gasteiger partial charge in [-0.3, -0.25) is 32.5 Å². The third kappa shape index (κ3) is 79.1. The van der Waals surface area contributed by atoms with Gasteiger partial charge in [-0.25, -0.2) is 9.13 Å². The summed E-state index contributed by atoms with van der Waals surface area (Å²) in [6, 6.07) is 0. The van der Waals surface area contributed by atoms with Crippen LogP contribution in [0.4, 0.5) is 0 Å². The van der Waals surface area contributed by atoms with E-state index in [0.717, 1.165) is 135 Å². The first kappa shape index (κ1) is 99.2. The zero-order valence-corrected chi connectivity index (χ0v) is 67.0. The molecule has 5 atom stereocenters. The lowest BCUT2D eigenvalue weighted by atomic mass is 10.0. The van der Waals surface area contributed by atoms with E-state index in [9.17, 15) is 43.5 Å². The molecule has 4 N–H and O–H groups in total. The Bertz CT molecular complexity index is 2310. The average Bonchev–Trinajstić information content (AvgIpc) is 0.922. The number of ether oxygens (including phenoxy) is 3. The lowest BCUT2D eigenvalue weighted by molar-refractivity contribution is -0.161. The number of rotatable bonds is 78. The van der Waals surface area contributed by atoms with Gasteiger partial charge in [-0.15, -0.1) is 0 Å². The summed E-state index contributed by atoms with van der Waals surface area (Å²) < 4.78 is 61.2. The Morgan fingerprint density at radius 1 is 0.282 bits per heavy atom. The molecule has 18 heteroatoms. The van der Waals surface area contributed by atoms with Crippen molar-refractivity contribution in [1.29, 1.82) is 0 Å². The normalized spacial score (nSPS) is 14.5. The smallest absolute Gasteiger partial charge is 0.463 e. The molecule has 0 saturated carbocycles. The zero-order chi connectivity index (χ0) is 75.2. The van der Waals surface area contributed by atoms with Crippen LogP contribution in [0.3, 0.4) is 0 Å². The molecule has 0 aromatic carbocycles. The van der Waals surface area contributed by atoms with Crippen molar-refractivity contribution in [3.63, 3.8) is 0 Å². The van der Waals surface area contributed by atoms with Gasteiger partial charge < -0.3 is 34.2 Å². The first-order chi connectivity index (χ1) is 50.2. The highest BCUT2D eigenvalue weighted by molar-refractivity contribution is 7.47. The van der Waals surface area contributed by atoms with E-state index < -0.39 is 91.5 Å². The van der Waals surface area contributed by atoms with Crippen LogP contribution in [0.5, 0.6) is 0 Å². The van der Waals surface area contributed by atoms with E-state index in [1.165, 1.54) is 161 Å². The minimum absolute atomic E-state index is 0.107. The van der Waals surface area contributed by atoms with Crippen molar-refractivity contribution in [1.82, 2.24) is 0 Å². The van der Waals surface area contributed by atoms with Crippen LogP contribution >= 0.6 is 15.6 Å². The molecule has 596 valence electrons. The van der Waals surface area contributed by atoms with Gasteiger partial charge in [0.25, 0.3) is 0 Å². The molecule has 0 heterocycles. The third-order valence-electron chi connectivity index (χ3n) is 17.5. The first-order valence-corrected chi connectivity index (χ1v) is 44.2. The summed E-state index contributed by atoms with van der Waals surface area (Å²) in [6.45, 7) is 2.58. The Kier molecular flexibility index (Phi) is 74.9. The predicted molar refractivity (Wildman–Crippen MR) is 427 cm³/mol. The fourth-order valence-electron chi connectivity index (χ4n) is 11.2. The molecule has 0 radical (unpaired) electrons. The molecular formula is C85H150O16P2. The maximum atomic E-state index is 13.0. The standard InChI is InChI=1S/C85H150O16P2/c1-4-7-10-13-16-19-22-25-28-30-32-34-36-38-39-41-43-44-46-48-51-53-56-59-62-65-68-71-83(88)95-74-80(86)75-97-102(91,92)98-76-81(87)77-99-103(93,94)100-79-82(101-85(90)73-70-67-64-61-58-55-50-27-24-21-18-15-12-9-6-3)78-96-84(89)72-69-66-63-60-57-54-52-49-47-45-42-40-37-35-33-31-29-26-23-20-17-14-11-8-5-2/h7,10,16-17,19-20,25-26,28-29,32-35,38-40,42,80-82,86-87H,4-6,8-9,11-15,18,21-24,27,30-31,36-37,41,43-79H2,1-3H3,(H,91,92)(H,93,94)/b10-7-,19-16-,20-17-,28-25-,29-26-,34-32-,35-33-,39-38-,42-40-. The van der Waals surface area contributed by atoms with Crippen molar-refractivity contribution in [2.45, 2.75) is 373 Å². The maximum absolute atomic E-state index is 13.0. The van der Waals surface area contributed by atoms with Crippen LogP contribution in [0.2, 0.25) is 0 Å². The molecule has 0 fully saturated rings. The van der Waals surface area contributed by atoms with Gasteiger partial charge in [0.1, 0.15) is 25.4 Å². The molecule has 0 amide bonds. The number of aliphatic hydroxyl groups is 2. The van der Waals surface area contributed by atoms with Crippen molar-refractivity contribution in [2.24, 2.45) is 0 Å². The summed E-state index contributed by atoms with van der Waals surface area (Å²) in [4.78, 5) is 58.7. The van der Waals surface area contributed by atoms with Crippen LogP contribution < -0.4 is 0 Å². The van der Waals surface area contributed by atoms with Crippen molar-refractivity contribution in [3.05, 3.63) is 109 Å². The van der Waals surface area contributed by atoms with E-state index in [-0.39, 0.29) is 19.3 Å². The maximum Gasteiger partial charge on any atom is 0.472 e. The summed E-state index contributed by atoms with van der Waals surface area (Å²) in [5.74, 6) is -1.57. The molecule has 0 spiro atoms. The number of phosphoric ester groups is 2. The number of aliphatic hydroxyl groups excluding tert-OH is 2. The molecule has 103 heavy (non-hydrogen) atoms. The van der Waals surface area contributed by atoms with Gasteiger partial charge in [-0.2, -0.15) is 0 Å². The van der Waals surface area contributed by atoms with E-state index in [1.807, 2.05) is 0 Å². The Labute approximate surface area is 628 Å². The highest BCUT2D eigenvalue weighted by Crippen LogP contribution is 2.45. The topological polar surface area (TPSA) is 231 Å². The van der Waals surface area contributed by atoms with E-state index in [0.29, 0.717) is 19.3 Å². The zero-order valence-electron chi connectivity index (χ0n) is 65.2. The van der Waals surface area contributed by atoms with Gasteiger partial charge in [-0.05, 0) is 109 Å². The van der Waals surface area contributed by atoms with E-state index in [2.05, 4.69) is 130 Å². The van der Waals surface area contributed by atoms with Crippen molar-refractivity contribution in [3.8, 4) is 0 Å². The molecule has 0 bridgehead atoms. The molecule has 0 aromatic heterocycles. The van der Waals surface area contributed by atoms with E-state index >= 15 is 0 Å². The first-order valence-electron chi connectivity index (χ1n) is 41.2. The molecule has 0 saturated heterocycles. The van der Waals surface area contributed by atoms with Crippen molar-refractivity contribution < 1.29 is 75.8 Å². The minimum atomic E-state index is -4.93. The van der Waals surface area contributed by atoms with Crippen LogP contribution in [0.15, 0.2) is 109 Å². The molecule has 0 aliphatic rings. The van der Waals surface area contributed by atoms with Gasteiger partial charge >= 0.3 is 33.6 Å². The predicted octanol–water partition coefficient (Wildman–Crippen LogP) is 24.3. The van der Waals surface area contributed by atoms with Gasteiger partial charge in [0.2, 0.25) is 0 Å². The van der Waals surface area contributed by atoms with E-state index in [4.69, 9.17) is 32.3 Å². The number of carbonyl (C=O) groups is 3. The second-order valence-electron chi connectivity index (χ2n) is 27.6. The number of hydrogen-bond donors (Lipinski definition) is 4. The van der Waals surface area contributed by atoms with Gasteiger partial charge in [0.05, 0.1) is 26.4 Å². The second kappa shape index (κ2) is 77.8. The summed E-state index contributed by atoms with van der Waals surface area (Å²) >= 11 is 0. The van der Waals surface area contributed by atoms with Crippen LogP contribution in [0.25, 0.3) is 0 Å². The van der Waals surface area contributed by atoms with Gasteiger partial charge in [-0.1, -0.05) is 336 Å². The highest BCUT2D eigenvalue weighted by Gasteiger charge is 2.29. The third-order valence-corrected chi connectivity index (χ3v) is 19.4. The van der Waals surface area contributed by atoms with Crippen LogP contribution in [0.1, 0.15) is 355 Å². The molecule has 0 aromatic rings. The van der Waals surface area contributed by atoms with Crippen LogP contribution in [0, 0.1) is 0 Å². The monoisotopic (exact) mass is 1490 g/mol. The Balaban J connectivity index is 4.55. The number of carbonyl (C=O) groups excluding carboxylic acids is 3. The molecular weight excluding hydrogens is 1340 g/mol. The van der Waals surface area contributed by atoms with Crippen molar-refractivity contribution >= 4 is 33.6 Å². The molecule has 16 nitrogen and oxygen atoms in total. The average molecular weight is 1490 g/mol. The molecule has 0 aliphatic carbocycles. The largest absolute Gasteiger partial charge is 0.472 e. The number of esters is 3. The number of phosphoric acid groups is 2. The van der Waals surface area contributed by atoms with Crippen LogP contribution in [-0.2, 0) is 55.8 Å². The number of unbranched alkanes of at least 4 members (excludes halogenated alkanes) is 37. The van der Waals surface area contributed by atoms with E-state index in [1.54, 1.807) is 0 Å². The lowest BCUT2D eigenvalue weighted by Gasteiger charge is -2.21. The lowest BCUT2D eigenvalue weighted by Crippen LogP contribution is -2.30. The highest BCUT2D eigenvalue weighted by atomic mass is 31.2. The van der Waals surface area contributed by atoms with Gasteiger partial charge in [0.15, 0.2) is 6.10 Å². The van der Waals surface area contributed by atoms with Crippen molar-refractivity contribution in [2.75, 3.05) is 39.6 Å². The minimum Gasteiger partial charge on any atom is -0.463 e. The Morgan fingerprint density at radius 2 is 0.515 bits per heavy atom. The molecule has 5 unspecified atom stereocenters. The fourth-order valence-corrected chi connectivity index (χ4v) is 12.8. The Hall–Kier alpha value is -3.79. The summed E-state index contributed by atoms with van der Waals surface area (Å²) in [6.07, 6.45) is 91.2. The van der Waals surface area contributed by atoms with Gasteiger partial charge in [0, 0.05) is 19.3 Å². The quantitative estimate of drug-likeness (QED) is 0.0146. The number of allylic oxidation sites excluding steroid dienone is 18. The molecule has 0 rings (SSSR count). The summed E-state index contributed by atoms with van der Waals surface area (Å²) in [5, 5.41) is 20.7. The fraction of sp³-hybridized carbons (Fsp3) is 0.753. The van der Waals surface area contributed by atoms with Crippen LogP contribution in [-0.4, -0.2) is 95.9 Å². The number of hydrogen-bond acceptors (Lipinski definition) is 14. The molecule has 0 aliphatic heterocycles. The summed E-state index contributed by atoms with van der Waals surface area (Å²) in [7, 11) is -9.79. The SMILES string of the molecule is CC/C=C\C/C=C\C/C=C\C/C=C\C/C=C\CCCCCCCCCCCCCC(=O)OCC(O)COP(=O)(O)OCC(O)COP(=O)(O)OCC(COC(=O)CCCCCCCCCCC/C=C\C/C=C\C/C=C\C/C=C\CCCCC)OC(=O)CCCCCCCCCCCCCCCCC. The second-order valence-corrected chi connectivity index (χ2v) is 30.5. The summed E-state index contributed by atoms with van der Waals surface area (Å²) in [5.41, 5.74) is 0.